The van der Waals surface area contributed by atoms with Gasteiger partial charge in [0.2, 0.25) is 0 Å². The first kappa shape index (κ1) is 14.5. The highest BCUT2D eigenvalue weighted by molar-refractivity contribution is 9.10. The molecule has 2 heterocycles. The molecule has 1 N–H and O–H groups in total. The monoisotopic (exact) mass is 334 g/mol. The number of anilines is 1. The van der Waals surface area contributed by atoms with Gasteiger partial charge in [0.15, 0.2) is 0 Å². The number of amides is 1. The number of hydrogen-bond acceptors (Lipinski definition) is 4. The molecule has 1 aliphatic heterocycles. The number of piperidine rings is 1. The third kappa shape index (κ3) is 3.81. The molecule has 1 saturated heterocycles. The van der Waals surface area contributed by atoms with Crippen LogP contribution in [0.4, 0.5) is 5.82 Å². The molecular weight excluding hydrogens is 320 g/mol. The van der Waals surface area contributed by atoms with Gasteiger partial charge in [-0.25, -0.2) is 4.98 Å². The number of likely N-dealkylation sites (tertiary alicyclic amines) is 1. The highest BCUT2D eigenvalue weighted by Gasteiger charge is 2.20. The van der Waals surface area contributed by atoms with Crippen LogP contribution in [0.3, 0.4) is 0 Å². The van der Waals surface area contributed by atoms with Crippen LogP contribution in [0.15, 0.2) is 34.6 Å². The van der Waals surface area contributed by atoms with E-state index in [9.17, 15) is 4.79 Å². The van der Waals surface area contributed by atoms with Crippen molar-refractivity contribution in [3.63, 3.8) is 0 Å². The van der Waals surface area contributed by atoms with Gasteiger partial charge in [-0.1, -0.05) is 0 Å². The fourth-order valence-corrected chi connectivity index (χ4v) is 2.25. The molecule has 0 unspecified atom stereocenters. The first-order valence-electron chi connectivity index (χ1n) is 6.48. The Morgan fingerprint density at radius 3 is 2.75 bits per heavy atom. The molecule has 1 aliphatic rings. The zero-order valence-corrected chi connectivity index (χ0v) is 12.6. The molecule has 0 bridgehead atoms. The second-order valence-corrected chi connectivity index (χ2v) is 5.44. The number of rotatable bonds is 3. The largest absolute Gasteiger partial charge is 0.345 e. The van der Waals surface area contributed by atoms with Crippen molar-refractivity contribution in [1.82, 2.24) is 9.88 Å². The van der Waals surface area contributed by atoms with E-state index in [1.807, 2.05) is 12.1 Å². The first-order chi connectivity index (χ1) is 9.70. The van der Waals surface area contributed by atoms with Crippen LogP contribution >= 0.6 is 15.9 Å². The number of hydrogen-bond donors (Lipinski definition) is 1. The van der Waals surface area contributed by atoms with E-state index < -0.39 is 0 Å². The van der Waals surface area contributed by atoms with Gasteiger partial charge < -0.3 is 10.2 Å². The third-order valence-corrected chi connectivity index (χ3v) is 3.55. The lowest BCUT2D eigenvalue weighted by atomic mass is 10.1. The van der Waals surface area contributed by atoms with Gasteiger partial charge >= 0.3 is 0 Å². The maximum absolute atomic E-state index is 12.2. The standard InChI is InChI=1S/C14H15BrN4O/c15-12-4-5-13(18-10-12)17-9-11(8-16)14(20)19-6-2-1-3-7-19/h4-5,9-10H,1-3,6-7H2,(H,17,18)/b11-9-. The Kier molecular flexibility index (Phi) is 5.13. The molecule has 5 nitrogen and oxygen atoms in total. The maximum atomic E-state index is 12.2. The SMILES string of the molecule is N#C/C(=C/Nc1ccc(Br)cn1)C(=O)N1CCCCC1. The van der Waals surface area contributed by atoms with Gasteiger partial charge in [-0.05, 0) is 47.3 Å². The molecule has 0 spiro atoms. The summed E-state index contributed by atoms with van der Waals surface area (Å²) in [6, 6.07) is 5.55. The maximum Gasteiger partial charge on any atom is 0.266 e. The smallest absolute Gasteiger partial charge is 0.266 e. The minimum absolute atomic E-state index is 0.108. The number of pyridine rings is 1. The zero-order valence-electron chi connectivity index (χ0n) is 11.0. The Morgan fingerprint density at radius 1 is 1.40 bits per heavy atom. The quantitative estimate of drug-likeness (QED) is 0.681. The summed E-state index contributed by atoms with van der Waals surface area (Å²) in [7, 11) is 0. The first-order valence-corrected chi connectivity index (χ1v) is 7.27. The minimum Gasteiger partial charge on any atom is -0.345 e. The lowest BCUT2D eigenvalue weighted by Gasteiger charge is -2.26. The summed E-state index contributed by atoms with van der Waals surface area (Å²) in [6.45, 7) is 1.46. The molecule has 0 atom stereocenters. The van der Waals surface area contributed by atoms with Crippen LogP contribution in [-0.2, 0) is 4.79 Å². The highest BCUT2D eigenvalue weighted by Crippen LogP contribution is 2.13. The minimum atomic E-state index is -0.211. The molecule has 0 aromatic carbocycles. The molecule has 1 amide bonds. The van der Waals surface area contributed by atoms with Crippen molar-refractivity contribution in [1.29, 1.82) is 5.26 Å². The van der Waals surface area contributed by atoms with Gasteiger partial charge in [-0.3, -0.25) is 4.79 Å². The van der Waals surface area contributed by atoms with Crippen LogP contribution in [0.5, 0.6) is 0 Å². The topological polar surface area (TPSA) is 69.0 Å². The summed E-state index contributed by atoms with van der Waals surface area (Å²) in [6.07, 6.45) is 6.23. The van der Waals surface area contributed by atoms with E-state index in [-0.39, 0.29) is 11.5 Å². The third-order valence-electron chi connectivity index (χ3n) is 3.09. The second-order valence-electron chi connectivity index (χ2n) is 4.53. The molecule has 2 rings (SSSR count). The number of aromatic nitrogens is 1. The Balaban J connectivity index is 2.03. The van der Waals surface area contributed by atoms with Gasteiger partial charge in [0.25, 0.3) is 5.91 Å². The van der Waals surface area contributed by atoms with E-state index in [1.165, 1.54) is 6.20 Å². The van der Waals surface area contributed by atoms with E-state index in [0.29, 0.717) is 5.82 Å². The zero-order chi connectivity index (χ0) is 14.4. The van der Waals surface area contributed by atoms with Crippen molar-refractivity contribution in [2.45, 2.75) is 19.3 Å². The Hall–Kier alpha value is -1.87. The number of nitrogens with one attached hydrogen (secondary N) is 1. The van der Waals surface area contributed by atoms with Crippen LogP contribution < -0.4 is 5.32 Å². The van der Waals surface area contributed by atoms with Crippen molar-refractivity contribution in [2.75, 3.05) is 18.4 Å². The molecule has 1 aromatic heterocycles. The highest BCUT2D eigenvalue weighted by atomic mass is 79.9. The number of halogens is 1. The summed E-state index contributed by atoms with van der Waals surface area (Å²) in [5, 5.41) is 12.0. The lowest BCUT2D eigenvalue weighted by molar-refractivity contribution is -0.127. The van der Waals surface area contributed by atoms with E-state index in [2.05, 4.69) is 26.2 Å². The summed E-state index contributed by atoms with van der Waals surface area (Å²) >= 11 is 3.30. The second kappa shape index (κ2) is 7.06. The predicted molar refractivity (Wildman–Crippen MR) is 79.7 cm³/mol. The van der Waals surface area contributed by atoms with Crippen molar-refractivity contribution < 1.29 is 4.79 Å². The molecule has 6 heteroatoms. The van der Waals surface area contributed by atoms with Crippen molar-refractivity contribution in [3.05, 3.63) is 34.6 Å². The summed E-state index contributed by atoms with van der Waals surface area (Å²) < 4.78 is 0.872. The van der Waals surface area contributed by atoms with Gasteiger partial charge in [0.1, 0.15) is 17.5 Å². The van der Waals surface area contributed by atoms with Gasteiger partial charge in [-0.15, -0.1) is 0 Å². The van der Waals surface area contributed by atoms with E-state index in [4.69, 9.17) is 5.26 Å². The van der Waals surface area contributed by atoms with Crippen LogP contribution in [0.1, 0.15) is 19.3 Å². The Labute approximate surface area is 126 Å². The average Bonchev–Trinajstić information content (AvgIpc) is 2.50. The molecule has 1 aromatic rings. The predicted octanol–water partition coefficient (Wildman–Crippen LogP) is 2.68. The summed E-state index contributed by atoms with van der Waals surface area (Å²) in [5.41, 5.74) is 0.108. The average molecular weight is 335 g/mol. The molecule has 20 heavy (non-hydrogen) atoms. The van der Waals surface area contributed by atoms with E-state index >= 15 is 0 Å². The molecule has 0 aliphatic carbocycles. The fourth-order valence-electron chi connectivity index (χ4n) is 2.02. The fraction of sp³-hybridized carbons (Fsp3) is 0.357. The number of nitriles is 1. The Morgan fingerprint density at radius 2 is 2.15 bits per heavy atom. The molecule has 0 saturated carbocycles. The molecule has 104 valence electrons. The van der Waals surface area contributed by atoms with Crippen LogP contribution in [0.2, 0.25) is 0 Å². The van der Waals surface area contributed by atoms with Gasteiger partial charge in [-0.2, -0.15) is 5.26 Å². The Bertz CT molecular complexity index is 541. The van der Waals surface area contributed by atoms with Gasteiger partial charge in [0, 0.05) is 30.0 Å². The van der Waals surface area contributed by atoms with E-state index in [1.54, 1.807) is 17.2 Å². The number of carbonyl (C=O) groups excluding carboxylic acids is 1. The summed E-state index contributed by atoms with van der Waals surface area (Å²) in [5.74, 6) is 0.379. The lowest BCUT2D eigenvalue weighted by Crippen LogP contribution is -2.36. The van der Waals surface area contributed by atoms with Crippen molar-refractivity contribution >= 4 is 27.7 Å². The number of carbonyl (C=O) groups is 1. The normalized spacial score (nSPS) is 15.6. The van der Waals surface area contributed by atoms with Crippen molar-refractivity contribution in [2.24, 2.45) is 0 Å². The van der Waals surface area contributed by atoms with Crippen molar-refractivity contribution in [3.8, 4) is 6.07 Å². The van der Waals surface area contributed by atoms with Crippen LogP contribution in [0.25, 0.3) is 0 Å². The molecule has 1 fully saturated rings. The summed E-state index contributed by atoms with van der Waals surface area (Å²) in [4.78, 5) is 18.0. The molecule has 0 radical (unpaired) electrons. The van der Waals surface area contributed by atoms with Crippen LogP contribution in [-0.4, -0.2) is 28.9 Å². The van der Waals surface area contributed by atoms with Gasteiger partial charge in [0.05, 0.1) is 0 Å². The molecular formula is C14H15BrN4O. The van der Waals surface area contributed by atoms with Crippen LogP contribution in [0, 0.1) is 11.3 Å². The van der Waals surface area contributed by atoms with E-state index in [0.717, 1.165) is 36.8 Å². The number of nitrogens with zero attached hydrogens (tertiary/aromatic N) is 3.